The van der Waals surface area contributed by atoms with Crippen LogP contribution in [0.3, 0.4) is 0 Å². The fourth-order valence-corrected chi connectivity index (χ4v) is 3.55. The summed E-state index contributed by atoms with van der Waals surface area (Å²) < 4.78 is 0. The Balaban J connectivity index is 1.78. The summed E-state index contributed by atoms with van der Waals surface area (Å²) in [7, 11) is 0. The maximum Gasteiger partial charge on any atom is 0.101 e. The number of allylic oxidation sites excluding steroid dienone is 2. The van der Waals surface area contributed by atoms with E-state index in [1.165, 1.54) is 22.2 Å². The first-order valence-corrected chi connectivity index (χ1v) is 8.43. The zero-order valence-corrected chi connectivity index (χ0v) is 14.1. The van der Waals surface area contributed by atoms with Crippen molar-refractivity contribution in [2.75, 3.05) is 0 Å². The van der Waals surface area contributed by atoms with Gasteiger partial charge in [-0.25, -0.2) is 0 Å². The van der Waals surface area contributed by atoms with Gasteiger partial charge in [-0.2, -0.15) is 5.26 Å². The number of nitrogens with zero attached hydrogens (tertiary/aromatic N) is 2. The number of nitrogens with one attached hydrogen (secondary N) is 1. The first-order chi connectivity index (χ1) is 12.3. The molecule has 122 valence electrons. The fraction of sp³-hybridized carbons (Fsp3) is 0.136. The molecule has 0 saturated carbocycles. The van der Waals surface area contributed by atoms with Crippen molar-refractivity contribution in [2.24, 2.45) is 0 Å². The third-order valence-electron chi connectivity index (χ3n) is 4.70. The molecule has 25 heavy (non-hydrogen) atoms. The minimum atomic E-state index is 0.105. The molecule has 0 bridgehead atoms. The van der Waals surface area contributed by atoms with Crippen LogP contribution in [-0.2, 0) is 6.54 Å². The number of nitriles is 1. The number of hydrogen-bond donors (Lipinski definition) is 1. The van der Waals surface area contributed by atoms with Crippen molar-refractivity contribution in [2.45, 2.75) is 19.5 Å². The number of aryl methyl sites for hydroxylation is 1. The lowest BCUT2D eigenvalue weighted by Gasteiger charge is -2.32. The molecule has 1 aromatic heterocycles. The molecule has 0 spiro atoms. The van der Waals surface area contributed by atoms with E-state index in [9.17, 15) is 5.26 Å². The van der Waals surface area contributed by atoms with Gasteiger partial charge in [0.15, 0.2) is 0 Å². The third-order valence-corrected chi connectivity index (χ3v) is 4.70. The average molecular weight is 325 g/mol. The van der Waals surface area contributed by atoms with E-state index in [1.807, 2.05) is 24.4 Å². The molecule has 1 N–H and O–H groups in total. The topological polar surface area (TPSA) is 42.8 Å². The first-order valence-electron chi connectivity index (χ1n) is 8.43. The van der Waals surface area contributed by atoms with E-state index >= 15 is 0 Å². The fourth-order valence-electron chi connectivity index (χ4n) is 3.55. The van der Waals surface area contributed by atoms with Crippen molar-refractivity contribution in [1.29, 1.82) is 5.26 Å². The minimum Gasteiger partial charge on any atom is -0.361 e. The minimum absolute atomic E-state index is 0.105. The van der Waals surface area contributed by atoms with Crippen LogP contribution in [0.25, 0.3) is 10.9 Å². The highest BCUT2D eigenvalue weighted by Crippen LogP contribution is 2.35. The van der Waals surface area contributed by atoms with Gasteiger partial charge in [0.25, 0.3) is 0 Å². The summed E-state index contributed by atoms with van der Waals surface area (Å²) in [6.07, 6.45) is 6.02. The van der Waals surface area contributed by atoms with Gasteiger partial charge in [-0.15, -0.1) is 0 Å². The van der Waals surface area contributed by atoms with Crippen molar-refractivity contribution in [1.82, 2.24) is 9.88 Å². The van der Waals surface area contributed by atoms with Crippen molar-refractivity contribution in [3.05, 3.63) is 95.3 Å². The number of rotatable bonds is 3. The van der Waals surface area contributed by atoms with E-state index in [0.717, 1.165) is 12.1 Å². The molecule has 3 aromatic rings. The van der Waals surface area contributed by atoms with Crippen LogP contribution in [0, 0.1) is 18.3 Å². The van der Waals surface area contributed by atoms with E-state index in [0.29, 0.717) is 5.57 Å². The summed E-state index contributed by atoms with van der Waals surface area (Å²) in [4.78, 5) is 5.73. The zero-order valence-electron chi connectivity index (χ0n) is 14.1. The van der Waals surface area contributed by atoms with Crippen LogP contribution < -0.4 is 0 Å². The van der Waals surface area contributed by atoms with Crippen LogP contribution in [0.1, 0.15) is 22.9 Å². The highest BCUT2D eigenvalue weighted by molar-refractivity contribution is 5.85. The number of benzene rings is 2. The van der Waals surface area contributed by atoms with Crippen LogP contribution in [0.15, 0.2) is 78.5 Å². The van der Waals surface area contributed by atoms with E-state index in [2.05, 4.69) is 71.4 Å². The Morgan fingerprint density at radius 1 is 1.08 bits per heavy atom. The molecule has 1 atom stereocenters. The first kappa shape index (κ1) is 15.3. The molecular formula is C22H19N3. The molecule has 3 nitrogen and oxygen atoms in total. The molecule has 1 aliphatic heterocycles. The number of aromatic nitrogens is 1. The molecular weight excluding hydrogens is 306 g/mol. The molecule has 2 heterocycles. The Kier molecular flexibility index (Phi) is 3.87. The van der Waals surface area contributed by atoms with E-state index in [4.69, 9.17) is 0 Å². The number of fused-ring (bicyclic) bond motifs is 1. The lowest BCUT2D eigenvalue weighted by atomic mass is 9.97. The lowest BCUT2D eigenvalue weighted by Crippen LogP contribution is -2.24. The predicted octanol–water partition coefficient (Wildman–Crippen LogP) is 5.00. The van der Waals surface area contributed by atoms with Gasteiger partial charge in [0.05, 0.1) is 11.6 Å². The molecule has 0 amide bonds. The maximum absolute atomic E-state index is 9.32. The SMILES string of the molecule is Cc1[nH]c2ccccc2c1C1C=CC(C#N)=CN1Cc1ccccc1. The van der Waals surface area contributed by atoms with Crippen molar-refractivity contribution < 1.29 is 0 Å². The Hall–Kier alpha value is -3.25. The van der Waals surface area contributed by atoms with E-state index in [-0.39, 0.29) is 6.04 Å². The molecule has 3 heteroatoms. The summed E-state index contributed by atoms with van der Waals surface area (Å²) in [5, 5.41) is 10.6. The van der Waals surface area contributed by atoms with Gasteiger partial charge in [0, 0.05) is 34.9 Å². The van der Waals surface area contributed by atoms with E-state index < -0.39 is 0 Å². The molecule has 0 radical (unpaired) electrons. The monoisotopic (exact) mass is 325 g/mol. The van der Waals surface area contributed by atoms with Gasteiger partial charge in [-0.05, 0) is 24.6 Å². The smallest absolute Gasteiger partial charge is 0.101 e. The van der Waals surface area contributed by atoms with E-state index in [1.54, 1.807) is 0 Å². The van der Waals surface area contributed by atoms with Crippen LogP contribution >= 0.6 is 0 Å². The van der Waals surface area contributed by atoms with Crippen molar-refractivity contribution >= 4 is 10.9 Å². The molecule has 1 aliphatic rings. The van der Waals surface area contributed by atoms with Crippen LogP contribution in [0.4, 0.5) is 0 Å². The zero-order chi connectivity index (χ0) is 17.2. The Labute approximate surface area is 147 Å². The standard InChI is InChI=1S/C22H19N3/c1-16-22(19-9-5-6-10-20(19)24-16)21-12-11-18(13-23)15-25(21)14-17-7-3-2-4-8-17/h2-12,15,21,24H,14H2,1H3. The largest absolute Gasteiger partial charge is 0.361 e. The molecule has 0 fully saturated rings. The molecule has 4 rings (SSSR count). The third kappa shape index (κ3) is 2.83. The normalized spacial score (nSPS) is 16.7. The van der Waals surface area contributed by atoms with Crippen LogP contribution in [0.5, 0.6) is 0 Å². The van der Waals surface area contributed by atoms with Crippen LogP contribution in [0.2, 0.25) is 0 Å². The second-order valence-electron chi connectivity index (χ2n) is 6.37. The maximum atomic E-state index is 9.32. The average Bonchev–Trinajstić information content (AvgIpc) is 2.98. The lowest BCUT2D eigenvalue weighted by molar-refractivity contribution is 0.312. The van der Waals surface area contributed by atoms with Gasteiger partial charge in [-0.1, -0.05) is 54.6 Å². The van der Waals surface area contributed by atoms with Crippen molar-refractivity contribution in [3.8, 4) is 6.07 Å². The number of para-hydroxylation sites is 1. The summed E-state index contributed by atoms with van der Waals surface area (Å²) >= 11 is 0. The highest BCUT2D eigenvalue weighted by atomic mass is 15.1. The number of H-pyrrole nitrogens is 1. The quantitative estimate of drug-likeness (QED) is 0.736. The summed E-state index contributed by atoms with van der Waals surface area (Å²) in [5.41, 5.74) is 5.51. The van der Waals surface area contributed by atoms with Gasteiger partial charge < -0.3 is 9.88 Å². The van der Waals surface area contributed by atoms with Gasteiger partial charge in [0.2, 0.25) is 0 Å². The summed E-state index contributed by atoms with van der Waals surface area (Å²) in [6.45, 7) is 2.88. The summed E-state index contributed by atoms with van der Waals surface area (Å²) in [5.74, 6) is 0. The second-order valence-corrected chi connectivity index (χ2v) is 6.37. The molecule has 2 aromatic carbocycles. The Morgan fingerprint density at radius 2 is 1.84 bits per heavy atom. The summed E-state index contributed by atoms with van der Waals surface area (Å²) in [6, 6.07) is 21.1. The number of hydrogen-bond acceptors (Lipinski definition) is 2. The Morgan fingerprint density at radius 3 is 2.64 bits per heavy atom. The van der Waals surface area contributed by atoms with Gasteiger partial charge in [0.1, 0.15) is 6.07 Å². The second kappa shape index (κ2) is 6.33. The number of aromatic amines is 1. The van der Waals surface area contributed by atoms with Gasteiger partial charge >= 0.3 is 0 Å². The predicted molar refractivity (Wildman–Crippen MR) is 101 cm³/mol. The van der Waals surface area contributed by atoms with Gasteiger partial charge in [-0.3, -0.25) is 0 Å². The molecule has 1 unspecified atom stereocenters. The highest BCUT2D eigenvalue weighted by Gasteiger charge is 2.24. The molecule has 0 aliphatic carbocycles. The van der Waals surface area contributed by atoms with Crippen LogP contribution in [-0.4, -0.2) is 9.88 Å². The van der Waals surface area contributed by atoms with Crippen molar-refractivity contribution in [3.63, 3.8) is 0 Å². The molecule has 0 saturated heterocycles. The Bertz CT molecular complexity index is 1000.